The summed E-state index contributed by atoms with van der Waals surface area (Å²) in [6.07, 6.45) is 2.30. The molecular formula is C20H24N4O4. The summed E-state index contributed by atoms with van der Waals surface area (Å²) < 4.78 is 5.33. The van der Waals surface area contributed by atoms with Crippen LogP contribution in [-0.4, -0.2) is 42.6 Å². The Kier molecular flexibility index (Phi) is 6.44. The third-order valence-corrected chi connectivity index (χ3v) is 4.85. The van der Waals surface area contributed by atoms with Crippen LogP contribution in [0.4, 0.5) is 16.2 Å². The van der Waals surface area contributed by atoms with Gasteiger partial charge in [0.1, 0.15) is 5.75 Å². The fourth-order valence-corrected chi connectivity index (χ4v) is 3.39. The number of amides is 2. The molecule has 28 heavy (non-hydrogen) atoms. The van der Waals surface area contributed by atoms with E-state index in [0.29, 0.717) is 12.2 Å². The van der Waals surface area contributed by atoms with Crippen molar-refractivity contribution in [2.75, 3.05) is 32.1 Å². The highest BCUT2D eigenvalue weighted by molar-refractivity contribution is 5.89. The maximum Gasteiger partial charge on any atom is 0.319 e. The van der Waals surface area contributed by atoms with Crippen LogP contribution in [0.2, 0.25) is 0 Å². The van der Waals surface area contributed by atoms with E-state index in [2.05, 4.69) is 15.5 Å². The zero-order valence-corrected chi connectivity index (χ0v) is 15.8. The zero-order valence-electron chi connectivity index (χ0n) is 15.8. The fraction of sp³-hybridized carbons (Fsp3) is 0.350. The Morgan fingerprint density at radius 2 is 1.93 bits per heavy atom. The third kappa shape index (κ3) is 4.98. The zero-order chi connectivity index (χ0) is 19.9. The lowest BCUT2D eigenvalue weighted by Gasteiger charge is -2.28. The largest absolute Gasteiger partial charge is 0.497 e. The number of hydrogen-bond donors (Lipinski definition) is 2. The van der Waals surface area contributed by atoms with Crippen LogP contribution >= 0.6 is 0 Å². The minimum absolute atomic E-state index is 0.0157. The normalized spacial score (nSPS) is 15.0. The summed E-state index contributed by atoms with van der Waals surface area (Å²) in [4.78, 5) is 24.9. The van der Waals surface area contributed by atoms with E-state index in [1.807, 2.05) is 24.3 Å². The van der Waals surface area contributed by atoms with Gasteiger partial charge < -0.3 is 15.4 Å². The van der Waals surface area contributed by atoms with Gasteiger partial charge >= 0.3 is 6.03 Å². The molecule has 148 valence electrons. The van der Waals surface area contributed by atoms with Crippen LogP contribution in [0.3, 0.4) is 0 Å². The molecule has 0 bridgehead atoms. The van der Waals surface area contributed by atoms with Gasteiger partial charge in [-0.2, -0.15) is 0 Å². The number of likely N-dealkylation sites (tertiary alicyclic amines) is 1. The smallest absolute Gasteiger partial charge is 0.319 e. The molecule has 2 N–H and O–H groups in total. The predicted octanol–water partition coefficient (Wildman–Crippen LogP) is 3.56. The second kappa shape index (κ2) is 9.18. The maximum atomic E-state index is 12.3. The summed E-state index contributed by atoms with van der Waals surface area (Å²) in [5.41, 5.74) is 1.58. The van der Waals surface area contributed by atoms with Crippen LogP contribution in [0.5, 0.6) is 5.75 Å². The van der Waals surface area contributed by atoms with Crippen LogP contribution < -0.4 is 15.4 Å². The molecule has 8 nitrogen and oxygen atoms in total. The lowest BCUT2D eigenvalue weighted by atomic mass is 10.1. The second-order valence-electron chi connectivity index (χ2n) is 6.67. The number of non-ortho nitro benzene ring substituents is 1. The molecule has 3 rings (SSSR count). The lowest BCUT2D eigenvalue weighted by Crippen LogP contribution is -2.38. The summed E-state index contributed by atoms with van der Waals surface area (Å²) in [5.74, 6) is 0.789. The van der Waals surface area contributed by atoms with Gasteiger partial charge in [-0.3, -0.25) is 15.0 Å². The molecule has 0 aromatic heterocycles. The number of rotatable bonds is 7. The number of benzene rings is 2. The van der Waals surface area contributed by atoms with Crippen molar-refractivity contribution < 1.29 is 14.5 Å². The number of ether oxygens (including phenoxy) is 1. The minimum atomic E-state index is -0.474. The Balaban J connectivity index is 1.64. The van der Waals surface area contributed by atoms with Crippen molar-refractivity contribution in [2.45, 2.75) is 18.9 Å². The molecule has 1 heterocycles. The van der Waals surface area contributed by atoms with Gasteiger partial charge in [0, 0.05) is 24.4 Å². The van der Waals surface area contributed by atoms with E-state index in [1.165, 1.54) is 24.3 Å². The topological polar surface area (TPSA) is 96.7 Å². The summed E-state index contributed by atoms with van der Waals surface area (Å²) in [5, 5.41) is 16.3. The first-order valence-corrected chi connectivity index (χ1v) is 9.24. The average molecular weight is 384 g/mol. The third-order valence-electron chi connectivity index (χ3n) is 4.85. The predicted molar refractivity (Wildman–Crippen MR) is 107 cm³/mol. The van der Waals surface area contributed by atoms with Gasteiger partial charge in [0.15, 0.2) is 0 Å². The Hall–Kier alpha value is -3.13. The summed E-state index contributed by atoms with van der Waals surface area (Å²) in [6.45, 7) is 2.44. The van der Waals surface area contributed by atoms with Crippen molar-refractivity contribution >= 4 is 17.4 Å². The van der Waals surface area contributed by atoms with Crippen LogP contribution in [0, 0.1) is 10.1 Å². The molecule has 1 fully saturated rings. The molecule has 0 spiro atoms. The number of nitrogens with one attached hydrogen (secondary N) is 2. The van der Waals surface area contributed by atoms with Crippen LogP contribution in [0.15, 0.2) is 48.5 Å². The molecule has 8 heteroatoms. The lowest BCUT2D eigenvalue weighted by molar-refractivity contribution is -0.384. The Morgan fingerprint density at radius 3 is 2.57 bits per heavy atom. The molecule has 0 aliphatic carbocycles. The number of anilines is 1. The number of nitro benzene ring substituents is 1. The van der Waals surface area contributed by atoms with E-state index in [9.17, 15) is 14.9 Å². The monoisotopic (exact) mass is 384 g/mol. The van der Waals surface area contributed by atoms with Crippen LogP contribution in [0.25, 0.3) is 0 Å². The molecule has 1 unspecified atom stereocenters. The van der Waals surface area contributed by atoms with Crippen molar-refractivity contribution in [3.63, 3.8) is 0 Å². The molecule has 2 amide bonds. The number of methoxy groups -OCH3 is 1. The molecule has 0 radical (unpaired) electrons. The number of nitro groups is 1. The Morgan fingerprint density at radius 1 is 1.21 bits per heavy atom. The van der Waals surface area contributed by atoms with Gasteiger partial charge in [-0.25, -0.2) is 4.79 Å². The van der Waals surface area contributed by atoms with Crippen LogP contribution in [-0.2, 0) is 0 Å². The number of urea groups is 1. The average Bonchev–Trinajstić information content (AvgIpc) is 3.23. The highest BCUT2D eigenvalue weighted by atomic mass is 16.6. The molecular weight excluding hydrogens is 360 g/mol. The minimum Gasteiger partial charge on any atom is -0.497 e. The van der Waals surface area contributed by atoms with Gasteiger partial charge in [0.2, 0.25) is 0 Å². The molecule has 1 saturated heterocycles. The molecule has 0 saturated carbocycles. The molecule has 2 aromatic rings. The number of carbonyl (C=O) groups excluding carboxylic acids is 1. The van der Waals surface area contributed by atoms with Gasteiger partial charge in [0.25, 0.3) is 5.69 Å². The molecule has 2 aromatic carbocycles. The summed E-state index contributed by atoms with van der Waals surface area (Å²) in [6, 6.07) is 13.3. The van der Waals surface area contributed by atoms with Crippen molar-refractivity contribution in [1.29, 1.82) is 0 Å². The van der Waals surface area contributed by atoms with E-state index in [1.54, 1.807) is 7.11 Å². The van der Waals surface area contributed by atoms with Crippen molar-refractivity contribution in [2.24, 2.45) is 0 Å². The number of nitrogens with zero attached hydrogens (tertiary/aromatic N) is 2. The van der Waals surface area contributed by atoms with Crippen molar-refractivity contribution in [1.82, 2.24) is 10.2 Å². The standard InChI is InChI=1S/C20H24N4O4/c1-28-18-6-4-5-15(13-18)19(23-11-2-3-12-23)14-21-20(25)22-16-7-9-17(10-8-16)24(26)27/h4-10,13,19H,2-3,11-12,14H2,1H3,(H2,21,22,25). The highest BCUT2D eigenvalue weighted by Crippen LogP contribution is 2.27. The highest BCUT2D eigenvalue weighted by Gasteiger charge is 2.24. The first-order chi connectivity index (χ1) is 13.6. The van der Waals surface area contributed by atoms with E-state index in [4.69, 9.17) is 4.74 Å². The Labute approximate surface area is 163 Å². The second-order valence-corrected chi connectivity index (χ2v) is 6.67. The number of hydrogen-bond acceptors (Lipinski definition) is 5. The quantitative estimate of drug-likeness (QED) is 0.562. The summed E-state index contributed by atoms with van der Waals surface area (Å²) >= 11 is 0. The van der Waals surface area contributed by atoms with Crippen LogP contribution in [0.1, 0.15) is 24.4 Å². The fourth-order valence-electron chi connectivity index (χ4n) is 3.39. The van der Waals surface area contributed by atoms with E-state index in [-0.39, 0.29) is 17.8 Å². The van der Waals surface area contributed by atoms with Crippen molar-refractivity contribution in [3.05, 3.63) is 64.2 Å². The first kappa shape index (κ1) is 19.6. The number of carbonyl (C=O) groups is 1. The van der Waals surface area contributed by atoms with Gasteiger partial charge in [-0.1, -0.05) is 12.1 Å². The van der Waals surface area contributed by atoms with E-state index in [0.717, 1.165) is 37.2 Å². The first-order valence-electron chi connectivity index (χ1n) is 9.24. The summed E-state index contributed by atoms with van der Waals surface area (Å²) in [7, 11) is 1.64. The SMILES string of the molecule is COc1cccc(C(CNC(=O)Nc2ccc([N+](=O)[O-])cc2)N2CCCC2)c1. The maximum absolute atomic E-state index is 12.3. The van der Waals surface area contributed by atoms with Crippen molar-refractivity contribution in [3.8, 4) is 5.75 Å². The Bertz CT molecular complexity index is 819. The van der Waals surface area contributed by atoms with Gasteiger partial charge in [-0.05, 0) is 55.8 Å². The molecule has 1 aliphatic heterocycles. The van der Waals surface area contributed by atoms with Gasteiger partial charge in [-0.15, -0.1) is 0 Å². The van der Waals surface area contributed by atoms with Gasteiger partial charge in [0.05, 0.1) is 18.1 Å². The van der Waals surface area contributed by atoms with E-state index >= 15 is 0 Å². The molecule has 1 atom stereocenters. The van der Waals surface area contributed by atoms with E-state index < -0.39 is 4.92 Å². The molecule has 1 aliphatic rings.